The maximum atomic E-state index is 12.1. The van der Waals surface area contributed by atoms with Crippen LogP contribution in [0.25, 0.3) is 11.1 Å². The lowest BCUT2D eigenvalue weighted by Crippen LogP contribution is -2.23. The molecule has 2 aromatic carbocycles. The van der Waals surface area contributed by atoms with Crippen molar-refractivity contribution in [2.24, 2.45) is 0 Å². The zero-order chi connectivity index (χ0) is 18.6. The van der Waals surface area contributed by atoms with Gasteiger partial charge in [-0.3, -0.25) is 0 Å². The van der Waals surface area contributed by atoms with Crippen molar-refractivity contribution >= 4 is 27.1 Å². The quantitative estimate of drug-likeness (QED) is 0.506. The Morgan fingerprint density at radius 1 is 1.19 bits per heavy atom. The van der Waals surface area contributed by atoms with Crippen molar-refractivity contribution in [3.8, 4) is 0 Å². The number of oxazole rings is 1. The summed E-state index contributed by atoms with van der Waals surface area (Å²) in [7, 11) is -3.63. The highest BCUT2D eigenvalue weighted by Crippen LogP contribution is 2.16. The molecular formula is C18H16N2O5S. The predicted octanol–water partition coefficient (Wildman–Crippen LogP) is 2.65. The molecule has 0 bridgehead atoms. The summed E-state index contributed by atoms with van der Waals surface area (Å²) in [5.41, 5.74) is 1.52. The average molecular weight is 372 g/mol. The number of para-hydroxylation sites is 2. The molecule has 0 spiro atoms. The fourth-order valence-corrected chi connectivity index (χ4v) is 3.21. The zero-order valence-corrected chi connectivity index (χ0v) is 14.5. The number of hydrogen-bond donors (Lipinski definition) is 1. The highest BCUT2D eigenvalue weighted by atomic mass is 32.2. The first kappa shape index (κ1) is 17.8. The van der Waals surface area contributed by atoms with Crippen molar-refractivity contribution in [1.29, 1.82) is 0 Å². The van der Waals surface area contributed by atoms with E-state index in [-0.39, 0.29) is 29.5 Å². The number of ether oxygens (including phenoxy) is 1. The number of sulfonamides is 1. The molecule has 1 N–H and O–H groups in total. The molecule has 7 nitrogen and oxygen atoms in total. The summed E-state index contributed by atoms with van der Waals surface area (Å²) in [5, 5.41) is 0. The van der Waals surface area contributed by atoms with E-state index in [9.17, 15) is 13.2 Å². The molecule has 0 atom stereocenters. The van der Waals surface area contributed by atoms with Crippen LogP contribution in [-0.2, 0) is 21.4 Å². The number of nitrogens with one attached hydrogen (secondary N) is 1. The van der Waals surface area contributed by atoms with Gasteiger partial charge in [-0.25, -0.2) is 22.9 Å². The van der Waals surface area contributed by atoms with E-state index in [1.165, 1.54) is 30.3 Å². The zero-order valence-electron chi connectivity index (χ0n) is 13.7. The SMILES string of the molecule is C=CCNS(=O)(=O)c1ccc(C(=O)OCc2nc3ccccc3o2)cc1. The van der Waals surface area contributed by atoms with Crippen molar-refractivity contribution in [2.75, 3.05) is 6.54 Å². The Morgan fingerprint density at radius 2 is 1.92 bits per heavy atom. The number of hydrogen-bond acceptors (Lipinski definition) is 6. The number of carbonyl (C=O) groups is 1. The number of carbonyl (C=O) groups excluding carboxylic acids is 1. The summed E-state index contributed by atoms with van der Waals surface area (Å²) in [5.74, 6) is -0.317. The van der Waals surface area contributed by atoms with Crippen LogP contribution >= 0.6 is 0 Å². The average Bonchev–Trinajstić information content (AvgIpc) is 3.07. The molecule has 0 aliphatic heterocycles. The molecule has 0 fully saturated rings. The van der Waals surface area contributed by atoms with Crippen LogP contribution in [0.5, 0.6) is 0 Å². The molecule has 1 aromatic heterocycles. The lowest BCUT2D eigenvalue weighted by atomic mass is 10.2. The summed E-state index contributed by atoms with van der Waals surface area (Å²) in [6.07, 6.45) is 1.44. The molecule has 0 saturated heterocycles. The van der Waals surface area contributed by atoms with Crippen molar-refractivity contribution in [3.05, 3.63) is 72.6 Å². The first-order chi connectivity index (χ1) is 12.5. The molecule has 134 valence electrons. The number of benzene rings is 2. The molecule has 1 heterocycles. The number of rotatable bonds is 7. The molecule has 3 rings (SSSR count). The molecule has 0 saturated carbocycles. The van der Waals surface area contributed by atoms with E-state index in [0.29, 0.717) is 11.1 Å². The van der Waals surface area contributed by atoms with E-state index in [1.807, 2.05) is 12.1 Å². The highest BCUT2D eigenvalue weighted by molar-refractivity contribution is 7.89. The van der Waals surface area contributed by atoms with Gasteiger partial charge >= 0.3 is 5.97 Å². The Bertz CT molecular complexity index is 1010. The van der Waals surface area contributed by atoms with Gasteiger partial charge in [-0.05, 0) is 36.4 Å². The summed E-state index contributed by atoms with van der Waals surface area (Å²) >= 11 is 0. The Morgan fingerprint density at radius 3 is 2.62 bits per heavy atom. The fraction of sp³-hybridized carbons (Fsp3) is 0.111. The van der Waals surface area contributed by atoms with E-state index < -0.39 is 16.0 Å². The van der Waals surface area contributed by atoms with Crippen LogP contribution < -0.4 is 4.72 Å². The fourth-order valence-electron chi connectivity index (χ4n) is 2.21. The number of nitrogens with zero attached hydrogens (tertiary/aromatic N) is 1. The van der Waals surface area contributed by atoms with Gasteiger partial charge in [0.05, 0.1) is 10.5 Å². The second kappa shape index (κ2) is 7.51. The van der Waals surface area contributed by atoms with Gasteiger partial charge in [-0.1, -0.05) is 18.2 Å². The normalized spacial score (nSPS) is 11.4. The molecule has 8 heteroatoms. The maximum Gasteiger partial charge on any atom is 0.338 e. The van der Waals surface area contributed by atoms with Crippen molar-refractivity contribution < 1.29 is 22.4 Å². The van der Waals surface area contributed by atoms with Crippen LogP contribution in [0.15, 0.2) is 70.5 Å². The molecule has 3 aromatic rings. The standard InChI is InChI=1S/C18H16N2O5S/c1-2-11-19-26(22,23)14-9-7-13(8-10-14)18(21)24-12-17-20-15-5-3-4-6-16(15)25-17/h2-10,19H,1,11-12H2. The molecule has 0 aliphatic carbocycles. The molecular weight excluding hydrogens is 356 g/mol. The monoisotopic (exact) mass is 372 g/mol. The number of esters is 1. The van der Waals surface area contributed by atoms with Crippen LogP contribution in [0.2, 0.25) is 0 Å². The molecule has 0 radical (unpaired) electrons. The van der Waals surface area contributed by atoms with Gasteiger partial charge in [0, 0.05) is 6.54 Å². The largest absolute Gasteiger partial charge is 0.452 e. The van der Waals surface area contributed by atoms with Crippen molar-refractivity contribution in [1.82, 2.24) is 9.71 Å². The van der Waals surface area contributed by atoms with Crippen LogP contribution in [0.1, 0.15) is 16.2 Å². The van der Waals surface area contributed by atoms with Gasteiger partial charge in [0.15, 0.2) is 12.2 Å². The predicted molar refractivity (Wildman–Crippen MR) is 95.0 cm³/mol. The van der Waals surface area contributed by atoms with E-state index in [0.717, 1.165) is 0 Å². The van der Waals surface area contributed by atoms with Gasteiger partial charge in [0.2, 0.25) is 15.9 Å². The molecule has 26 heavy (non-hydrogen) atoms. The van der Waals surface area contributed by atoms with Crippen molar-refractivity contribution in [3.63, 3.8) is 0 Å². The Labute approximate surface area is 150 Å². The van der Waals surface area contributed by atoms with Crippen molar-refractivity contribution in [2.45, 2.75) is 11.5 Å². The molecule has 0 unspecified atom stereocenters. The molecule has 0 amide bonds. The molecule has 0 aliphatic rings. The number of fused-ring (bicyclic) bond motifs is 1. The van der Waals surface area contributed by atoms with Crippen LogP contribution in [0.3, 0.4) is 0 Å². The first-order valence-electron chi connectivity index (χ1n) is 7.72. The topological polar surface area (TPSA) is 98.5 Å². The summed E-state index contributed by atoms with van der Waals surface area (Å²) in [6, 6.07) is 12.7. The minimum absolute atomic E-state index is 0.0508. The minimum Gasteiger partial charge on any atom is -0.452 e. The second-order valence-electron chi connectivity index (χ2n) is 5.32. The van der Waals surface area contributed by atoms with Crippen LogP contribution in [-0.4, -0.2) is 25.9 Å². The minimum atomic E-state index is -3.63. The van der Waals surface area contributed by atoms with Crippen LogP contribution in [0.4, 0.5) is 0 Å². The third-order valence-corrected chi connectivity index (χ3v) is 4.92. The van der Waals surface area contributed by atoms with Gasteiger partial charge in [0.1, 0.15) is 5.52 Å². The maximum absolute atomic E-state index is 12.1. The lowest BCUT2D eigenvalue weighted by Gasteiger charge is -2.06. The second-order valence-corrected chi connectivity index (χ2v) is 7.08. The van der Waals surface area contributed by atoms with Gasteiger partial charge in [-0.15, -0.1) is 6.58 Å². The third kappa shape index (κ3) is 3.98. The van der Waals surface area contributed by atoms with Crippen LogP contribution in [0, 0.1) is 0 Å². The Balaban J connectivity index is 1.65. The smallest absolute Gasteiger partial charge is 0.338 e. The van der Waals surface area contributed by atoms with Gasteiger partial charge < -0.3 is 9.15 Å². The van der Waals surface area contributed by atoms with E-state index in [1.54, 1.807) is 12.1 Å². The highest BCUT2D eigenvalue weighted by Gasteiger charge is 2.15. The third-order valence-electron chi connectivity index (χ3n) is 3.48. The van der Waals surface area contributed by atoms with Gasteiger partial charge in [0.25, 0.3) is 0 Å². The Hall–Kier alpha value is -2.97. The summed E-state index contributed by atoms with van der Waals surface area (Å²) in [6.45, 7) is 3.46. The lowest BCUT2D eigenvalue weighted by molar-refractivity contribution is 0.0440. The summed E-state index contributed by atoms with van der Waals surface area (Å²) < 4.78 is 36.9. The van der Waals surface area contributed by atoms with E-state index in [4.69, 9.17) is 9.15 Å². The Kier molecular flexibility index (Phi) is 5.15. The number of aromatic nitrogens is 1. The van der Waals surface area contributed by atoms with E-state index >= 15 is 0 Å². The van der Waals surface area contributed by atoms with E-state index in [2.05, 4.69) is 16.3 Å². The van der Waals surface area contributed by atoms with Gasteiger partial charge in [-0.2, -0.15) is 0 Å². The first-order valence-corrected chi connectivity index (χ1v) is 9.20. The summed E-state index contributed by atoms with van der Waals surface area (Å²) in [4.78, 5) is 16.4.